The van der Waals surface area contributed by atoms with Crippen LogP contribution in [-0.4, -0.2) is 8.32 Å². The van der Waals surface area contributed by atoms with E-state index in [1.807, 2.05) is 0 Å². The maximum absolute atomic E-state index is 6.43. The predicted octanol–water partition coefficient (Wildman–Crippen LogP) is 5.86. The molecule has 0 atom stereocenters. The molecule has 0 bridgehead atoms. The minimum atomic E-state index is -1.56. The third-order valence-corrected chi connectivity index (χ3v) is 9.43. The summed E-state index contributed by atoms with van der Waals surface area (Å²) in [7, 11) is -1.56. The molecule has 18 heavy (non-hydrogen) atoms. The van der Waals surface area contributed by atoms with E-state index in [4.69, 9.17) is 4.43 Å². The van der Waals surface area contributed by atoms with Crippen molar-refractivity contribution < 1.29 is 4.43 Å². The third kappa shape index (κ3) is 4.10. The van der Waals surface area contributed by atoms with Crippen molar-refractivity contribution in [3.05, 3.63) is 29.3 Å². The molecule has 0 fully saturated rings. The summed E-state index contributed by atoms with van der Waals surface area (Å²) in [6.45, 7) is 6.79. The fraction of sp³-hybridized carbons (Fsp3) is 0.571. The van der Waals surface area contributed by atoms with Crippen molar-refractivity contribution in [2.75, 3.05) is 0 Å². The van der Waals surface area contributed by atoms with E-state index in [-0.39, 0.29) is 0 Å². The second-order valence-electron chi connectivity index (χ2n) is 4.60. The van der Waals surface area contributed by atoms with Crippen LogP contribution in [0.25, 0.3) is 0 Å². The molecular weight excluding hydrogens is 372 g/mol. The highest BCUT2D eigenvalue weighted by atomic mass is 79.9. The van der Waals surface area contributed by atoms with Crippen molar-refractivity contribution in [3.8, 4) is 5.75 Å². The number of rotatable bonds is 7. The second kappa shape index (κ2) is 7.71. The lowest BCUT2D eigenvalue weighted by Crippen LogP contribution is -2.39. The first-order chi connectivity index (χ1) is 8.62. The zero-order chi connectivity index (χ0) is 13.6. The normalized spacial score (nSPS) is 11.6. The van der Waals surface area contributed by atoms with E-state index in [1.54, 1.807) is 0 Å². The molecule has 0 aliphatic rings. The van der Waals surface area contributed by atoms with Gasteiger partial charge in [-0.1, -0.05) is 58.7 Å². The predicted molar refractivity (Wildman–Crippen MR) is 89.5 cm³/mol. The van der Waals surface area contributed by atoms with Crippen LogP contribution in [0.1, 0.15) is 31.9 Å². The van der Waals surface area contributed by atoms with Gasteiger partial charge in [0, 0.05) is 10.7 Å². The summed E-state index contributed by atoms with van der Waals surface area (Å²) in [6.07, 6.45) is 0. The van der Waals surface area contributed by atoms with Crippen LogP contribution >= 0.6 is 31.9 Å². The highest BCUT2D eigenvalue weighted by molar-refractivity contribution is 9.08. The fourth-order valence-corrected chi connectivity index (χ4v) is 5.36. The Morgan fingerprint density at radius 2 is 1.33 bits per heavy atom. The van der Waals surface area contributed by atoms with Crippen molar-refractivity contribution >= 4 is 40.2 Å². The average Bonchev–Trinajstić information content (AvgIpc) is 2.44. The molecule has 0 saturated heterocycles. The fourth-order valence-electron chi connectivity index (χ4n) is 2.16. The van der Waals surface area contributed by atoms with Crippen molar-refractivity contribution in [1.29, 1.82) is 0 Å². The molecule has 0 heterocycles. The molecule has 0 spiro atoms. The molecule has 0 unspecified atom stereocenters. The molecule has 1 rings (SSSR count). The number of hydrogen-bond acceptors (Lipinski definition) is 1. The molecule has 0 aliphatic heterocycles. The van der Waals surface area contributed by atoms with Crippen molar-refractivity contribution in [2.24, 2.45) is 0 Å². The van der Waals surface area contributed by atoms with Gasteiger partial charge >= 0.3 is 0 Å². The zero-order valence-corrected chi connectivity index (χ0v) is 15.6. The SMILES string of the molecule is CC[Si](CC)(CC)Oc1cc(CBr)cc(CBr)c1. The van der Waals surface area contributed by atoms with Crippen LogP contribution in [0.15, 0.2) is 18.2 Å². The molecular formula is C14H22Br2OSi. The van der Waals surface area contributed by atoms with Crippen LogP contribution in [0.2, 0.25) is 18.1 Å². The van der Waals surface area contributed by atoms with Crippen LogP contribution in [0.3, 0.4) is 0 Å². The van der Waals surface area contributed by atoms with Gasteiger partial charge in [-0.3, -0.25) is 0 Å². The molecule has 4 heteroatoms. The molecule has 0 aromatic heterocycles. The Balaban J connectivity index is 3.01. The van der Waals surface area contributed by atoms with Gasteiger partial charge in [-0.2, -0.15) is 0 Å². The topological polar surface area (TPSA) is 9.23 Å². The lowest BCUT2D eigenvalue weighted by Gasteiger charge is -2.29. The largest absolute Gasteiger partial charge is 0.543 e. The summed E-state index contributed by atoms with van der Waals surface area (Å²) in [6, 6.07) is 10.1. The molecule has 1 aromatic rings. The highest BCUT2D eigenvalue weighted by Gasteiger charge is 2.30. The molecule has 0 N–H and O–H groups in total. The Morgan fingerprint density at radius 3 is 1.67 bits per heavy atom. The Labute approximate surface area is 129 Å². The molecule has 0 saturated carbocycles. The maximum atomic E-state index is 6.43. The van der Waals surface area contributed by atoms with Crippen LogP contribution in [0.4, 0.5) is 0 Å². The molecule has 0 amide bonds. The summed E-state index contributed by atoms with van der Waals surface area (Å²) in [5, 5.41) is 1.76. The second-order valence-corrected chi connectivity index (χ2v) is 10.4. The van der Waals surface area contributed by atoms with E-state index in [0.29, 0.717) is 0 Å². The van der Waals surface area contributed by atoms with Crippen LogP contribution in [0, 0.1) is 0 Å². The molecule has 1 nitrogen and oxygen atoms in total. The Hall–Kier alpha value is 0.197. The minimum absolute atomic E-state index is 0.878. The standard InChI is InChI=1S/C14H22Br2OSi/c1-4-18(5-2,6-3)17-14-8-12(10-15)7-13(9-14)11-16/h7-9H,4-6,10-11H2,1-3H3. The van der Waals surface area contributed by atoms with E-state index in [0.717, 1.165) is 16.4 Å². The summed E-state index contributed by atoms with van der Waals surface area (Å²) < 4.78 is 6.43. The van der Waals surface area contributed by atoms with Gasteiger partial charge in [-0.05, 0) is 41.4 Å². The monoisotopic (exact) mass is 392 g/mol. The number of hydrogen-bond donors (Lipinski definition) is 0. The first kappa shape index (κ1) is 16.3. The molecule has 0 aliphatic carbocycles. The number of halogens is 2. The van der Waals surface area contributed by atoms with Gasteiger partial charge in [0.2, 0.25) is 8.32 Å². The number of benzene rings is 1. The van der Waals surface area contributed by atoms with Gasteiger partial charge in [0.05, 0.1) is 0 Å². The Morgan fingerprint density at radius 1 is 0.889 bits per heavy atom. The van der Waals surface area contributed by atoms with E-state index in [2.05, 4.69) is 70.8 Å². The van der Waals surface area contributed by atoms with Gasteiger partial charge in [-0.15, -0.1) is 0 Å². The first-order valence-corrected chi connectivity index (χ1v) is 11.3. The lowest BCUT2D eigenvalue weighted by atomic mass is 10.1. The summed E-state index contributed by atoms with van der Waals surface area (Å²) in [5.41, 5.74) is 2.57. The van der Waals surface area contributed by atoms with Crippen molar-refractivity contribution in [1.82, 2.24) is 0 Å². The van der Waals surface area contributed by atoms with Crippen LogP contribution in [0.5, 0.6) is 5.75 Å². The maximum Gasteiger partial charge on any atom is 0.250 e. The quantitative estimate of drug-likeness (QED) is 0.416. The van der Waals surface area contributed by atoms with Crippen LogP contribution in [-0.2, 0) is 10.7 Å². The third-order valence-electron chi connectivity index (χ3n) is 3.60. The molecule has 102 valence electrons. The van der Waals surface area contributed by atoms with Gasteiger partial charge < -0.3 is 4.43 Å². The smallest absolute Gasteiger partial charge is 0.250 e. The van der Waals surface area contributed by atoms with Gasteiger partial charge in [0.25, 0.3) is 0 Å². The van der Waals surface area contributed by atoms with E-state index in [9.17, 15) is 0 Å². The van der Waals surface area contributed by atoms with Crippen molar-refractivity contribution in [3.63, 3.8) is 0 Å². The van der Waals surface area contributed by atoms with Crippen LogP contribution < -0.4 is 4.43 Å². The highest BCUT2D eigenvalue weighted by Crippen LogP contribution is 2.28. The van der Waals surface area contributed by atoms with Gasteiger partial charge in [0.15, 0.2) is 0 Å². The summed E-state index contributed by atoms with van der Waals surface area (Å²) in [5.74, 6) is 1.05. The number of alkyl halides is 2. The van der Waals surface area contributed by atoms with Gasteiger partial charge in [-0.25, -0.2) is 0 Å². The average molecular weight is 394 g/mol. The molecule has 1 aromatic carbocycles. The van der Waals surface area contributed by atoms with E-state index < -0.39 is 8.32 Å². The minimum Gasteiger partial charge on any atom is -0.543 e. The van der Waals surface area contributed by atoms with Gasteiger partial charge in [0.1, 0.15) is 5.75 Å². The summed E-state index contributed by atoms with van der Waals surface area (Å²) >= 11 is 7.05. The van der Waals surface area contributed by atoms with E-state index in [1.165, 1.54) is 29.3 Å². The zero-order valence-electron chi connectivity index (χ0n) is 11.4. The molecule has 0 radical (unpaired) electrons. The Bertz CT molecular complexity index is 348. The van der Waals surface area contributed by atoms with Crippen molar-refractivity contribution in [2.45, 2.75) is 49.6 Å². The lowest BCUT2D eigenvalue weighted by molar-refractivity contribution is 0.531. The Kier molecular flexibility index (Phi) is 6.96. The van der Waals surface area contributed by atoms with E-state index >= 15 is 0 Å². The first-order valence-electron chi connectivity index (χ1n) is 6.56. The summed E-state index contributed by atoms with van der Waals surface area (Å²) in [4.78, 5) is 0.